The highest BCUT2D eigenvalue weighted by Gasteiger charge is 2.16. The molecule has 1 atom stereocenters. The highest BCUT2D eigenvalue weighted by molar-refractivity contribution is 8.00. The van der Waals surface area contributed by atoms with Gasteiger partial charge in [-0.25, -0.2) is 0 Å². The molecule has 0 saturated heterocycles. The fourth-order valence-electron chi connectivity index (χ4n) is 1.81. The molecule has 0 unspecified atom stereocenters. The summed E-state index contributed by atoms with van der Waals surface area (Å²) in [7, 11) is 0. The molecule has 0 aliphatic heterocycles. The van der Waals surface area contributed by atoms with Crippen LogP contribution in [0.2, 0.25) is 0 Å². The summed E-state index contributed by atoms with van der Waals surface area (Å²) in [5.41, 5.74) is 4.48. The number of nitro benzene ring substituents is 1. The summed E-state index contributed by atoms with van der Waals surface area (Å²) in [4.78, 5) is 35.0. The Balaban J connectivity index is 1.90. The molecule has 24 heavy (non-hydrogen) atoms. The van der Waals surface area contributed by atoms with Crippen LogP contribution in [0.3, 0.4) is 0 Å². The third kappa shape index (κ3) is 4.82. The molecule has 8 heteroatoms. The molecule has 7 nitrogen and oxygen atoms in total. The Kier molecular flexibility index (Phi) is 5.91. The largest absolute Gasteiger partial charge is 0.272 e. The Morgan fingerprint density at radius 2 is 1.79 bits per heavy atom. The van der Waals surface area contributed by atoms with Crippen LogP contribution >= 0.6 is 11.8 Å². The van der Waals surface area contributed by atoms with Crippen LogP contribution in [0.1, 0.15) is 17.3 Å². The molecule has 0 bridgehead atoms. The maximum absolute atomic E-state index is 12.0. The Morgan fingerprint density at radius 3 is 2.46 bits per heavy atom. The zero-order valence-electron chi connectivity index (χ0n) is 12.8. The summed E-state index contributed by atoms with van der Waals surface area (Å²) in [5.74, 6) is -0.994. The van der Waals surface area contributed by atoms with E-state index in [4.69, 9.17) is 0 Å². The number of nitrogens with zero attached hydrogens (tertiary/aromatic N) is 1. The summed E-state index contributed by atoms with van der Waals surface area (Å²) in [6, 6.07) is 14.7. The monoisotopic (exact) mass is 345 g/mol. The second kappa shape index (κ2) is 8.11. The van der Waals surface area contributed by atoms with Crippen LogP contribution in [-0.2, 0) is 4.79 Å². The lowest BCUT2D eigenvalue weighted by molar-refractivity contribution is -0.384. The van der Waals surface area contributed by atoms with Crippen molar-refractivity contribution in [3.8, 4) is 0 Å². The highest BCUT2D eigenvalue weighted by Crippen LogP contribution is 2.22. The van der Waals surface area contributed by atoms with Crippen molar-refractivity contribution in [3.63, 3.8) is 0 Å². The van der Waals surface area contributed by atoms with Gasteiger partial charge in [-0.1, -0.05) is 24.3 Å². The standard InChI is InChI=1S/C16H15N3O4S/c1-11(24-14-8-3-2-4-9-14)15(20)17-18-16(21)12-6-5-7-13(10-12)19(22)23/h2-11H,1H3,(H,17,20)(H,18,21)/t11-/m1/s1. The van der Waals surface area contributed by atoms with Crippen molar-refractivity contribution in [3.05, 3.63) is 70.3 Å². The minimum absolute atomic E-state index is 0.0906. The first-order valence-electron chi connectivity index (χ1n) is 7.03. The number of amides is 2. The number of thioether (sulfide) groups is 1. The van der Waals surface area contributed by atoms with Crippen LogP contribution in [0.5, 0.6) is 0 Å². The SMILES string of the molecule is C[C@@H](Sc1ccccc1)C(=O)NNC(=O)c1cccc([N+](=O)[O-])c1. The van der Waals surface area contributed by atoms with E-state index in [1.807, 2.05) is 30.3 Å². The Bertz CT molecular complexity index is 752. The van der Waals surface area contributed by atoms with Crippen molar-refractivity contribution in [1.29, 1.82) is 0 Å². The van der Waals surface area contributed by atoms with E-state index < -0.39 is 16.1 Å². The Hall–Kier alpha value is -2.87. The van der Waals surface area contributed by atoms with Crippen molar-refractivity contribution in [2.75, 3.05) is 0 Å². The molecule has 0 radical (unpaired) electrons. The summed E-state index contributed by atoms with van der Waals surface area (Å²) < 4.78 is 0. The smallest absolute Gasteiger partial charge is 0.270 e. The number of hydrazine groups is 1. The lowest BCUT2D eigenvalue weighted by Gasteiger charge is -2.12. The second-order valence-electron chi connectivity index (χ2n) is 4.82. The molecule has 0 spiro atoms. The van der Waals surface area contributed by atoms with E-state index >= 15 is 0 Å². The molecule has 2 aromatic rings. The van der Waals surface area contributed by atoms with E-state index in [-0.39, 0.29) is 17.2 Å². The Labute approximate surface area is 142 Å². The molecule has 0 aromatic heterocycles. The lowest BCUT2D eigenvalue weighted by Crippen LogP contribution is -2.44. The number of nitrogens with one attached hydrogen (secondary N) is 2. The van der Waals surface area contributed by atoms with Gasteiger partial charge < -0.3 is 0 Å². The average Bonchev–Trinajstić information content (AvgIpc) is 2.60. The second-order valence-corrected chi connectivity index (χ2v) is 6.24. The average molecular weight is 345 g/mol. The van der Waals surface area contributed by atoms with E-state index in [9.17, 15) is 19.7 Å². The first kappa shape index (κ1) is 17.5. The van der Waals surface area contributed by atoms with Crippen LogP contribution in [0.4, 0.5) is 5.69 Å². The Morgan fingerprint density at radius 1 is 1.08 bits per heavy atom. The van der Waals surface area contributed by atoms with Gasteiger partial charge in [-0.15, -0.1) is 11.8 Å². The van der Waals surface area contributed by atoms with Gasteiger partial charge >= 0.3 is 0 Å². The first-order chi connectivity index (χ1) is 11.5. The normalized spacial score (nSPS) is 11.4. The van der Waals surface area contributed by atoms with E-state index in [0.717, 1.165) is 11.0 Å². The summed E-state index contributed by atoms with van der Waals surface area (Å²) in [6.07, 6.45) is 0. The summed E-state index contributed by atoms with van der Waals surface area (Å²) >= 11 is 1.35. The van der Waals surface area contributed by atoms with Crippen LogP contribution in [0, 0.1) is 10.1 Å². The number of carbonyl (C=O) groups excluding carboxylic acids is 2. The highest BCUT2D eigenvalue weighted by atomic mass is 32.2. The van der Waals surface area contributed by atoms with Crippen molar-refractivity contribution < 1.29 is 14.5 Å². The van der Waals surface area contributed by atoms with Gasteiger partial charge in [0.15, 0.2) is 0 Å². The number of carbonyl (C=O) groups is 2. The molecular formula is C16H15N3O4S. The zero-order valence-corrected chi connectivity index (χ0v) is 13.6. The number of benzene rings is 2. The van der Waals surface area contributed by atoms with Gasteiger partial charge in [-0.05, 0) is 25.1 Å². The number of nitro groups is 1. The molecule has 2 N–H and O–H groups in total. The topological polar surface area (TPSA) is 101 Å². The van der Waals surface area contributed by atoms with Gasteiger partial charge in [0.2, 0.25) is 0 Å². The van der Waals surface area contributed by atoms with Crippen LogP contribution in [0.25, 0.3) is 0 Å². The van der Waals surface area contributed by atoms with Gasteiger partial charge in [0.05, 0.1) is 10.2 Å². The molecule has 0 fully saturated rings. The van der Waals surface area contributed by atoms with Gasteiger partial charge in [0.25, 0.3) is 17.5 Å². The van der Waals surface area contributed by atoms with E-state index in [0.29, 0.717) is 0 Å². The van der Waals surface area contributed by atoms with E-state index in [1.165, 1.54) is 30.0 Å². The molecule has 2 aromatic carbocycles. The van der Waals surface area contributed by atoms with Crippen molar-refractivity contribution in [1.82, 2.24) is 10.9 Å². The van der Waals surface area contributed by atoms with Gasteiger partial charge in [0, 0.05) is 22.6 Å². The molecule has 0 aliphatic rings. The molecular weight excluding hydrogens is 330 g/mol. The van der Waals surface area contributed by atoms with Gasteiger partial charge in [-0.2, -0.15) is 0 Å². The van der Waals surface area contributed by atoms with Crippen LogP contribution in [-0.4, -0.2) is 22.0 Å². The number of rotatable bonds is 5. The number of non-ortho nitro benzene ring substituents is 1. The van der Waals surface area contributed by atoms with Crippen LogP contribution in [0.15, 0.2) is 59.5 Å². The minimum Gasteiger partial charge on any atom is -0.272 e. The fraction of sp³-hybridized carbons (Fsp3) is 0.125. The van der Waals surface area contributed by atoms with Gasteiger partial charge in [-0.3, -0.25) is 30.6 Å². The van der Waals surface area contributed by atoms with Crippen molar-refractivity contribution in [2.45, 2.75) is 17.1 Å². The van der Waals surface area contributed by atoms with E-state index in [2.05, 4.69) is 10.9 Å². The van der Waals surface area contributed by atoms with E-state index in [1.54, 1.807) is 6.92 Å². The molecule has 0 heterocycles. The lowest BCUT2D eigenvalue weighted by atomic mass is 10.2. The predicted octanol–water partition coefficient (Wildman–Crippen LogP) is 2.54. The third-order valence-corrected chi connectivity index (χ3v) is 4.16. The quantitative estimate of drug-likeness (QED) is 0.493. The van der Waals surface area contributed by atoms with Gasteiger partial charge in [0.1, 0.15) is 0 Å². The molecule has 2 amide bonds. The van der Waals surface area contributed by atoms with Crippen molar-refractivity contribution >= 4 is 29.3 Å². The fourth-order valence-corrected chi connectivity index (χ4v) is 2.70. The molecule has 0 saturated carbocycles. The number of hydrogen-bond acceptors (Lipinski definition) is 5. The third-order valence-electron chi connectivity index (χ3n) is 3.04. The maximum atomic E-state index is 12.0. The maximum Gasteiger partial charge on any atom is 0.270 e. The minimum atomic E-state index is -0.621. The molecule has 0 aliphatic carbocycles. The summed E-state index contributed by atoms with van der Waals surface area (Å²) in [6.45, 7) is 1.71. The molecule has 2 rings (SSSR count). The number of hydrogen-bond donors (Lipinski definition) is 2. The molecule has 124 valence electrons. The first-order valence-corrected chi connectivity index (χ1v) is 7.91. The predicted molar refractivity (Wildman–Crippen MR) is 90.5 cm³/mol. The summed E-state index contributed by atoms with van der Waals surface area (Å²) in [5, 5.41) is 10.3. The zero-order chi connectivity index (χ0) is 17.5. The van der Waals surface area contributed by atoms with Crippen molar-refractivity contribution in [2.24, 2.45) is 0 Å². The van der Waals surface area contributed by atoms with Crippen LogP contribution < -0.4 is 10.9 Å².